The first kappa shape index (κ1) is 24.2. The first-order valence-electron chi connectivity index (χ1n) is 10.7. The third-order valence-electron chi connectivity index (χ3n) is 5.18. The second-order valence-electron chi connectivity index (χ2n) is 7.73. The van der Waals surface area contributed by atoms with Crippen LogP contribution in [-0.2, 0) is 21.8 Å². The summed E-state index contributed by atoms with van der Waals surface area (Å²) in [7, 11) is 0. The van der Waals surface area contributed by atoms with Gasteiger partial charge >= 0.3 is 0 Å². The van der Waals surface area contributed by atoms with E-state index in [-0.39, 0.29) is 12.1 Å². The normalized spacial score (nSPS) is 19.6. The van der Waals surface area contributed by atoms with Crippen molar-refractivity contribution in [3.63, 3.8) is 0 Å². The zero-order valence-corrected chi connectivity index (χ0v) is 19.9. The number of aromatic nitrogens is 2. The third kappa shape index (κ3) is 6.12. The van der Waals surface area contributed by atoms with Gasteiger partial charge in [-0.2, -0.15) is 0 Å². The smallest absolute Gasteiger partial charge is 0.215 e. The number of aliphatic imine (C=N–C) groups is 1. The van der Waals surface area contributed by atoms with E-state index in [2.05, 4.69) is 15.3 Å². The summed E-state index contributed by atoms with van der Waals surface area (Å²) in [6.45, 7) is 2.16. The maximum atomic E-state index is 6.51. The van der Waals surface area contributed by atoms with Crippen LogP contribution in [0, 0.1) is 0 Å². The van der Waals surface area contributed by atoms with Gasteiger partial charge in [-0.3, -0.25) is 4.99 Å². The molecule has 1 saturated heterocycles. The minimum Gasteiger partial charge on any atom is -0.491 e. The van der Waals surface area contributed by atoms with Gasteiger partial charge in [0.25, 0.3) is 0 Å². The van der Waals surface area contributed by atoms with Crippen LogP contribution >= 0.6 is 23.2 Å². The Morgan fingerprint density at radius 1 is 1.24 bits per heavy atom. The largest absolute Gasteiger partial charge is 0.491 e. The number of nitrogens with zero attached hydrogens (tertiary/aromatic N) is 3. The molecule has 0 amide bonds. The van der Waals surface area contributed by atoms with E-state index in [1.807, 2.05) is 41.1 Å². The van der Waals surface area contributed by atoms with Crippen LogP contribution in [0.25, 0.3) is 0 Å². The number of guanidine groups is 1. The standard InChI is InChI=1S/C23H26Cl2N6O3/c24-16-1-6-20(21(25)11-16)23(14-31-10-9-28-15-31)33-13-19(34-23)12-32-18-4-2-17(3-5-18)29-7-8-30-22(26)27/h1-6,9-11,15,19,29H,7-8,12-14H2,(H4,26,27,30)/t19-,23-/m1/s1. The quantitative estimate of drug-likeness (QED) is 0.220. The second kappa shape index (κ2) is 11.0. The lowest BCUT2D eigenvalue weighted by atomic mass is 10.1. The summed E-state index contributed by atoms with van der Waals surface area (Å²) in [4.78, 5) is 8.05. The van der Waals surface area contributed by atoms with Crippen molar-refractivity contribution < 1.29 is 14.2 Å². The molecule has 0 aliphatic carbocycles. The Morgan fingerprint density at radius 2 is 2.06 bits per heavy atom. The van der Waals surface area contributed by atoms with E-state index in [1.165, 1.54) is 0 Å². The Hall–Kier alpha value is -2.98. The molecule has 2 heterocycles. The van der Waals surface area contributed by atoms with Gasteiger partial charge in [0.1, 0.15) is 18.5 Å². The van der Waals surface area contributed by atoms with Crippen LogP contribution in [-0.4, -0.2) is 47.9 Å². The zero-order chi connectivity index (χ0) is 24.0. The number of nitrogens with one attached hydrogen (secondary N) is 1. The van der Waals surface area contributed by atoms with E-state index in [4.69, 9.17) is 48.9 Å². The Balaban J connectivity index is 1.38. The number of nitrogens with two attached hydrogens (primary N) is 2. The summed E-state index contributed by atoms with van der Waals surface area (Å²) in [5.74, 6) is -0.286. The molecule has 34 heavy (non-hydrogen) atoms. The highest BCUT2D eigenvalue weighted by Crippen LogP contribution is 2.40. The molecule has 1 fully saturated rings. The molecule has 0 spiro atoms. The lowest BCUT2D eigenvalue weighted by molar-refractivity contribution is -0.189. The summed E-state index contributed by atoms with van der Waals surface area (Å²) >= 11 is 12.6. The van der Waals surface area contributed by atoms with Crippen molar-refractivity contribution in [2.75, 3.05) is 31.6 Å². The lowest BCUT2D eigenvalue weighted by Crippen LogP contribution is -2.34. The first-order chi connectivity index (χ1) is 16.4. The molecule has 11 heteroatoms. The summed E-state index contributed by atoms with van der Waals surface area (Å²) in [5.41, 5.74) is 12.3. The van der Waals surface area contributed by atoms with Crippen molar-refractivity contribution in [1.82, 2.24) is 9.55 Å². The number of hydrogen-bond acceptors (Lipinski definition) is 6. The number of benzene rings is 2. The minimum absolute atomic E-state index is 0.0797. The number of anilines is 1. The van der Waals surface area contributed by atoms with Gasteiger partial charge in [-0.25, -0.2) is 4.98 Å². The van der Waals surface area contributed by atoms with Crippen molar-refractivity contribution in [3.8, 4) is 5.75 Å². The molecule has 1 aliphatic rings. The molecular weight excluding hydrogens is 479 g/mol. The van der Waals surface area contributed by atoms with Gasteiger partial charge in [0.05, 0.1) is 31.0 Å². The molecule has 0 saturated carbocycles. The fourth-order valence-corrected chi connectivity index (χ4v) is 4.17. The minimum atomic E-state index is -1.08. The molecule has 0 bridgehead atoms. The maximum absolute atomic E-state index is 6.51. The highest BCUT2D eigenvalue weighted by atomic mass is 35.5. The SMILES string of the molecule is NC(N)=NCCNc1ccc(OC[C@@H]2CO[C@@](Cn3ccnc3)(c3ccc(Cl)cc3Cl)O2)cc1. The molecule has 3 aromatic rings. The van der Waals surface area contributed by atoms with Crippen molar-refractivity contribution in [2.45, 2.75) is 18.4 Å². The van der Waals surface area contributed by atoms with Crippen LogP contribution in [0.4, 0.5) is 5.69 Å². The van der Waals surface area contributed by atoms with Crippen LogP contribution in [0.2, 0.25) is 10.0 Å². The number of hydrogen-bond donors (Lipinski definition) is 3. The zero-order valence-electron chi connectivity index (χ0n) is 18.4. The van der Waals surface area contributed by atoms with Crippen molar-refractivity contribution in [1.29, 1.82) is 0 Å². The van der Waals surface area contributed by atoms with Crippen LogP contribution < -0.4 is 21.5 Å². The first-order valence-corrected chi connectivity index (χ1v) is 11.4. The van der Waals surface area contributed by atoms with E-state index in [1.54, 1.807) is 24.7 Å². The molecule has 1 aromatic heterocycles. The molecule has 0 unspecified atom stereocenters. The summed E-state index contributed by atoms with van der Waals surface area (Å²) in [5, 5.41) is 4.25. The molecule has 180 valence electrons. The van der Waals surface area contributed by atoms with E-state index in [9.17, 15) is 0 Å². The van der Waals surface area contributed by atoms with Gasteiger partial charge in [0, 0.05) is 35.2 Å². The summed E-state index contributed by atoms with van der Waals surface area (Å²) in [6.07, 6.45) is 4.95. The second-order valence-corrected chi connectivity index (χ2v) is 8.58. The van der Waals surface area contributed by atoms with Gasteiger partial charge in [-0.1, -0.05) is 29.3 Å². The van der Waals surface area contributed by atoms with Crippen LogP contribution in [0.15, 0.2) is 66.2 Å². The van der Waals surface area contributed by atoms with E-state index in [0.29, 0.717) is 48.5 Å². The Kier molecular flexibility index (Phi) is 7.79. The van der Waals surface area contributed by atoms with Gasteiger partial charge in [-0.05, 0) is 36.4 Å². The molecule has 1 aliphatic heterocycles. The third-order valence-corrected chi connectivity index (χ3v) is 5.72. The monoisotopic (exact) mass is 504 g/mol. The average Bonchev–Trinajstić information content (AvgIpc) is 3.47. The van der Waals surface area contributed by atoms with Crippen molar-refractivity contribution >= 4 is 34.8 Å². The van der Waals surface area contributed by atoms with E-state index >= 15 is 0 Å². The topological polar surface area (TPSA) is 122 Å². The molecule has 2 aromatic carbocycles. The maximum Gasteiger partial charge on any atom is 0.215 e. The van der Waals surface area contributed by atoms with Gasteiger partial charge in [0.15, 0.2) is 5.96 Å². The van der Waals surface area contributed by atoms with Crippen molar-refractivity contribution in [3.05, 3.63) is 76.8 Å². The van der Waals surface area contributed by atoms with Crippen LogP contribution in [0.3, 0.4) is 0 Å². The van der Waals surface area contributed by atoms with Crippen molar-refractivity contribution in [2.24, 2.45) is 16.5 Å². The van der Waals surface area contributed by atoms with E-state index in [0.717, 1.165) is 11.4 Å². The van der Waals surface area contributed by atoms with Crippen LogP contribution in [0.1, 0.15) is 5.56 Å². The highest BCUT2D eigenvalue weighted by Gasteiger charge is 2.45. The highest BCUT2D eigenvalue weighted by molar-refractivity contribution is 6.35. The molecule has 9 nitrogen and oxygen atoms in total. The van der Waals surface area contributed by atoms with Gasteiger partial charge < -0.3 is 35.6 Å². The summed E-state index contributed by atoms with van der Waals surface area (Å²) < 4.78 is 20.4. The molecule has 2 atom stereocenters. The van der Waals surface area contributed by atoms with Gasteiger partial charge in [-0.15, -0.1) is 0 Å². The fourth-order valence-electron chi connectivity index (χ4n) is 3.62. The van der Waals surface area contributed by atoms with Gasteiger partial charge in [0.2, 0.25) is 5.79 Å². The Morgan fingerprint density at radius 3 is 2.76 bits per heavy atom. The van der Waals surface area contributed by atoms with Crippen LogP contribution in [0.5, 0.6) is 5.75 Å². The Labute approximate surface area is 207 Å². The number of ether oxygens (including phenoxy) is 3. The molecule has 5 N–H and O–H groups in total. The number of rotatable bonds is 10. The average molecular weight is 505 g/mol. The number of imidazole rings is 1. The molecular formula is C23H26Cl2N6O3. The predicted molar refractivity (Wildman–Crippen MR) is 132 cm³/mol. The summed E-state index contributed by atoms with van der Waals surface area (Å²) in [6, 6.07) is 12.9. The Bertz CT molecular complexity index is 1110. The van der Waals surface area contributed by atoms with E-state index < -0.39 is 5.79 Å². The molecule has 0 radical (unpaired) electrons. The lowest BCUT2D eigenvalue weighted by Gasteiger charge is -2.30. The predicted octanol–water partition coefficient (Wildman–Crippen LogP) is 3.22. The fraction of sp³-hybridized carbons (Fsp3) is 0.304. The molecule has 4 rings (SSSR count). The number of halogens is 2.